The van der Waals surface area contributed by atoms with Crippen molar-refractivity contribution in [2.45, 2.75) is 0 Å². The van der Waals surface area contributed by atoms with Crippen LogP contribution < -0.4 is 0 Å². The normalized spacial score (nSPS) is 8.29. The zero-order valence-electron chi connectivity index (χ0n) is 4.64. The molecule has 0 aliphatic carbocycles. The topological polar surface area (TPSA) is 34.1 Å². The molecule has 0 unspecified atom stereocenters. The quantitative estimate of drug-likeness (QED) is 0.341. The van der Waals surface area contributed by atoms with Crippen molar-refractivity contribution in [3.63, 3.8) is 0 Å². The van der Waals surface area contributed by atoms with Crippen LogP contribution in [0, 0.1) is 13.7 Å². The molecule has 0 rings (SSSR count). The number of hydrogen-bond donors (Lipinski definition) is 0. The summed E-state index contributed by atoms with van der Waals surface area (Å²) < 4.78 is 19.0. The smallest absolute Gasteiger partial charge is 0.358 e. The Balaban J connectivity index is -0.0000000800. The van der Waals surface area contributed by atoms with Gasteiger partial charge in [0.2, 0.25) is 0 Å². The van der Waals surface area contributed by atoms with E-state index in [1.54, 1.807) is 0 Å². The number of rotatable bonds is 0. The first-order chi connectivity index (χ1) is 2.00. The molecule has 40 valence electrons. The summed E-state index contributed by atoms with van der Waals surface area (Å²) in [6, 6.07) is 0. The van der Waals surface area contributed by atoms with Crippen molar-refractivity contribution in [1.82, 2.24) is 0 Å². The molecule has 0 aliphatic rings. The number of hydrogen-bond acceptors (Lipinski definition) is 2. The third-order valence-electron chi connectivity index (χ3n) is 0. The van der Waals surface area contributed by atoms with Gasteiger partial charge in [0.25, 0.3) is 0 Å². The first-order valence-electron chi connectivity index (χ1n) is 1.03. The summed E-state index contributed by atoms with van der Waals surface area (Å²) in [5.74, 6) is 0. The Morgan fingerprint density at radius 2 is 1.43 bits per heavy atom. The van der Waals surface area contributed by atoms with E-state index in [2.05, 4.69) is 6.26 Å². The fourth-order valence-corrected chi connectivity index (χ4v) is 0. The van der Waals surface area contributed by atoms with Crippen molar-refractivity contribution < 1.29 is 8.42 Å². The van der Waals surface area contributed by atoms with Crippen LogP contribution >= 0.6 is 0 Å². The molecule has 0 fully saturated rings. The predicted molar refractivity (Wildman–Crippen MR) is 32.4 cm³/mol. The van der Waals surface area contributed by atoms with E-state index < -0.39 is 9.84 Å². The van der Waals surface area contributed by atoms with Crippen molar-refractivity contribution in [2.75, 3.05) is 6.26 Å². The molecule has 0 aromatic carbocycles. The Bertz CT molecular complexity index is 96.1. The Morgan fingerprint density at radius 3 is 1.43 bits per heavy atom. The average Bonchev–Trinajstić information content (AvgIpc) is 0.722. The van der Waals surface area contributed by atoms with Crippen LogP contribution in [-0.2, 0) is 9.84 Å². The zero-order chi connectivity index (χ0) is 4.50. The van der Waals surface area contributed by atoms with Crippen molar-refractivity contribution in [3.05, 3.63) is 13.7 Å². The van der Waals surface area contributed by atoms with Gasteiger partial charge in [-0.3, -0.25) is 8.42 Å². The van der Waals surface area contributed by atoms with Gasteiger partial charge in [0, 0.05) is 16.1 Å². The number of sulfone groups is 1. The monoisotopic (exact) mass is 132 g/mol. The summed E-state index contributed by atoms with van der Waals surface area (Å²) in [7, 11) is -2.92. The summed E-state index contributed by atoms with van der Waals surface area (Å²) in [6.45, 7) is 0. The molecule has 0 saturated carbocycles. The van der Waals surface area contributed by atoms with Crippen LogP contribution in [0.5, 0.6) is 0 Å². The van der Waals surface area contributed by atoms with Crippen LogP contribution in [0.3, 0.4) is 0 Å². The van der Waals surface area contributed by atoms with Gasteiger partial charge in [-0.15, -0.1) is 0 Å². The Labute approximate surface area is 61.4 Å². The second-order valence-electron chi connectivity index (χ2n) is 0.926. The van der Waals surface area contributed by atoms with Crippen LogP contribution in [0.2, 0.25) is 0 Å². The summed E-state index contributed by atoms with van der Waals surface area (Å²) in [4.78, 5) is 0. The molecular weight excluding hydrogens is 124 g/mol. The maximum atomic E-state index is 9.52. The molecule has 0 N–H and O–H groups in total. The van der Waals surface area contributed by atoms with Crippen molar-refractivity contribution in [2.24, 2.45) is 0 Å². The van der Waals surface area contributed by atoms with Gasteiger partial charge in [0.05, 0.1) is 0 Å². The van der Waals surface area contributed by atoms with Gasteiger partial charge in [0.1, 0.15) is 0 Å². The first kappa shape index (κ1) is 15.6. The molecule has 0 bridgehead atoms. The molecule has 0 aromatic heterocycles. The molecule has 0 spiro atoms. The molecule has 0 atom stereocenters. The second-order valence-corrected chi connectivity index (χ2v) is 2.78. The van der Waals surface area contributed by atoms with E-state index in [0.717, 1.165) is 6.26 Å². The van der Waals surface area contributed by atoms with Gasteiger partial charge >= 0.3 is 23.1 Å². The van der Waals surface area contributed by atoms with Gasteiger partial charge in [-0.05, 0) is 0 Å². The van der Waals surface area contributed by atoms with Gasteiger partial charge < -0.3 is 7.43 Å². The standard InChI is InChI=1S/C2H5O2S.CH3.Mg/c1-5(2,3)4;;/h1H2,2H3;1H3;/q2*-1;+2. The Morgan fingerprint density at radius 1 is 1.43 bits per heavy atom. The average molecular weight is 132 g/mol. The second kappa shape index (κ2) is 4.87. The molecule has 0 aromatic rings. The van der Waals surface area contributed by atoms with Crippen molar-refractivity contribution in [3.8, 4) is 0 Å². The molecule has 0 aliphatic heterocycles. The van der Waals surface area contributed by atoms with E-state index in [9.17, 15) is 8.42 Å². The minimum Gasteiger partial charge on any atom is -0.358 e. The largest absolute Gasteiger partial charge is 2.00 e. The van der Waals surface area contributed by atoms with E-state index in [1.807, 2.05) is 0 Å². The van der Waals surface area contributed by atoms with Crippen LogP contribution in [0.25, 0.3) is 0 Å². The van der Waals surface area contributed by atoms with E-state index in [0.29, 0.717) is 0 Å². The maximum absolute atomic E-state index is 9.52. The van der Waals surface area contributed by atoms with E-state index in [-0.39, 0.29) is 30.5 Å². The fourth-order valence-electron chi connectivity index (χ4n) is 0. The first-order valence-corrected chi connectivity index (χ1v) is 3.09. The van der Waals surface area contributed by atoms with Crippen molar-refractivity contribution in [1.29, 1.82) is 0 Å². The molecule has 7 heavy (non-hydrogen) atoms. The Hall–Kier alpha value is 0.716. The van der Waals surface area contributed by atoms with Gasteiger partial charge in [-0.1, -0.05) is 0 Å². The maximum Gasteiger partial charge on any atom is 2.00 e. The molecule has 0 heterocycles. The summed E-state index contributed by atoms with van der Waals surface area (Å²) in [5, 5.41) is 0. The SMILES string of the molecule is [CH2-]S(C)(=O)=O.[CH3-].[Mg+2]. The molecule has 0 saturated heterocycles. The van der Waals surface area contributed by atoms with E-state index in [4.69, 9.17) is 0 Å². The minimum absolute atomic E-state index is 0. The third-order valence-corrected chi connectivity index (χ3v) is 0. The summed E-state index contributed by atoms with van der Waals surface area (Å²) in [5.41, 5.74) is 0. The molecule has 2 nitrogen and oxygen atoms in total. The van der Waals surface area contributed by atoms with E-state index >= 15 is 0 Å². The predicted octanol–water partition coefficient (Wildman–Crippen LogP) is -0.108. The third kappa shape index (κ3) is 291. The molecular formula is C3H8MgO2S. The van der Waals surface area contributed by atoms with E-state index in [1.165, 1.54) is 0 Å². The van der Waals surface area contributed by atoms with Gasteiger partial charge in [0.15, 0.2) is 0 Å². The van der Waals surface area contributed by atoms with Crippen LogP contribution in [0.4, 0.5) is 0 Å². The molecule has 0 radical (unpaired) electrons. The Kier molecular flexibility index (Phi) is 10.9. The van der Waals surface area contributed by atoms with Crippen LogP contribution in [-0.4, -0.2) is 37.7 Å². The fraction of sp³-hybridized carbons (Fsp3) is 0.333. The van der Waals surface area contributed by atoms with Crippen LogP contribution in [0.1, 0.15) is 0 Å². The molecule has 0 amide bonds. The molecule has 4 heteroatoms. The summed E-state index contributed by atoms with van der Waals surface area (Å²) >= 11 is 0. The minimum atomic E-state index is -2.92. The van der Waals surface area contributed by atoms with Gasteiger partial charge in [-0.25, -0.2) is 6.26 Å². The summed E-state index contributed by atoms with van der Waals surface area (Å²) in [6.07, 6.45) is 3.79. The van der Waals surface area contributed by atoms with Crippen LogP contribution in [0.15, 0.2) is 0 Å². The van der Waals surface area contributed by atoms with Gasteiger partial charge in [-0.2, -0.15) is 0 Å². The zero-order valence-corrected chi connectivity index (χ0v) is 6.87. The van der Waals surface area contributed by atoms with Crippen molar-refractivity contribution >= 4 is 32.9 Å².